The average molecular weight is 391 g/mol. The number of benzene rings is 1. The number of anilines is 1. The molecule has 27 heavy (non-hydrogen) atoms. The number of amides is 1. The summed E-state index contributed by atoms with van der Waals surface area (Å²) in [5, 5.41) is 10.7. The van der Waals surface area contributed by atoms with E-state index in [1.165, 1.54) is 19.3 Å². The summed E-state index contributed by atoms with van der Waals surface area (Å²) in [5.41, 5.74) is 1.92. The predicted molar refractivity (Wildman–Crippen MR) is 117 cm³/mol. The van der Waals surface area contributed by atoms with Crippen LogP contribution in [-0.4, -0.2) is 36.0 Å². The Morgan fingerprint density at radius 2 is 2.15 bits per heavy atom. The van der Waals surface area contributed by atoms with Gasteiger partial charge < -0.3 is 16.0 Å². The maximum Gasteiger partial charge on any atom is 0.227 e. The number of aliphatic imine (C=N–C) groups is 1. The lowest BCUT2D eigenvalue weighted by Crippen LogP contribution is -2.42. The summed E-state index contributed by atoms with van der Waals surface area (Å²) in [4.78, 5) is 16.8. The van der Waals surface area contributed by atoms with E-state index in [1.54, 1.807) is 0 Å². The fraction of sp³-hybridized carbons (Fsp3) is 0.619. The van der Waals surface area contributed by atoms with Crippen LogP contribution in [0.15, 0.2) is 29.3 Å². The number of nitrogens with one attached hydrogen (secondary N) is 3. The highest BCUT2D eigenvalue weighted by Gasteiger charge is 2.24. The normalized spacial score (nSPS) is 21.0. The fourth-order valence-electron chi connectivity index (χ4n) is 3.17. The van der Waals surface area contributed by atoms with Gasteiger partial charge in [0.25, 0.3) is 0 Å². The van der Waals surface area contributed by atoms with Gasteiger partial charge in [0.15, 0.2) is 5.96 Å². The number of carbonyl (C=O) groups excluding carboxylic acids is 1. The molecule has 3 N–H and O–H groups in total. The second kappa shape index (κ2) is 11.2. The van der Waals surface area contributed by atoms with E-state index in [0.717, 1.165) is 35.4 Å². The highest BCUT2D eigenvalue weighted by Crippen LogP contribution is 2.28. The van der Waals surface area contributed by atoms with Crippen molar-refractivity contribution in [3.8, 4) is 0 Å². The summed E-state index contributed by atoms with van der Waals surface area (Å²) in [5.74, 6) is 0.962. The van der Waals surface area contributed by atoms with E-state index in [1.807, 2.05) is 49.9 Å². The Hall–Kier alpha value is -1.69. The number of hydrogen-bond acceptors (Lipinski definition) is 3. The molecule has 150 valence electrons. The minimum Gasteiger partial charge on any atom is -0.357 e. The van der Waals surface area contributed by atoms with E-state index >= 15 is 0 Å². The number of guanidine groups is 1. The standard InChI is InChI=1S/C21H34N4OS/c1-5-15(3)20(26)24-17-9-7-8-16(12-17)14-23-21(22-6-2)25-18-10-11-19(13-18)27-4/h7-9,12,15,18-19H,5-6,10-11,13-14H2,1-4H3,(H,24,26)(H2,22,23,25). The maximum absolute atomic E-state index is 12.1. The van der Waals surface area contributed by atoms with Gasteiger partial charge in [-0.25, -0.2) is 4.99 Å². The van der Waals surface area contributed by atoms with Crippen LogP contribution in [0.25, 0.3) is 0 Å². The Balaban J connectivity index is 1.96. The first-order valence-corrected chi connectivity index (χ1v) is 11.3. The topological polar surface area (TPSA) is 65.5 Å². The van der Waals surface area contributed by atoms with E-state index in [9.17, 15) is 4.79 Å². The zero-order chi connectivity index (χ0) is 19.6. The zero-order valence-electron chi connectivity index (χ0n) is 17.0. The van der Waals surface area contributed by atoms with Crippen molar-refractivity contribution >= 4 is 29.3 Å². The quantitative estimate of drug-likeness (QED) is 0.463. The smallest absolute Gasteiger partial charge is 0.227 e. The molecular formula is C21H34N4OS. The Morgan fingerprint density at radius 1 is 1.33 bits per heavy atom. The van der Waals surface area contributed by atoms with Gasteiger partial charge >= 0.3 is 0 Å². The second-order valence-corrected chi connectivity index (χ2v) is 8.34. The van der Waals surface area contributed by atoms with Gasteiger partial charge in [-0.2, -0.15) is 11.8 Å². The number of nitrogens with zero attached hydrogens (tertiary/aromatic N) is 1. The van der Waals surface area contributed by atoms with Gasteiger partial charge in [0.1, 0.15) is 0 Å². The van der Waals surface area contributed by atoms with Crippen molar-refractivity contribution in [1.29, 1.82) is 0 Å². The molecule has 5 nitrogen and oxygen atoms in total. The molecule has 2 rings (SSSR count). The lowest BCUT2D eigenvalue weighted by Gasteiger charge is -2.17. The molecular weight excluding hydrogens is 356 g/mol. The fourth-order valence-corrected chi connectivity index (χ4v) is 3.96. The van der Waals surface area contributed by atoms with Crippen molar-refractivity contribution in [2.75, 3.05) is 18.1 Å². The number of hydrogen-bond donors (Lipinski definition) is 3. The van der Waals surface area contributed by atoms with Crippen LogP contribution in [0.2, 0.25) is 0 Å². The van der Waals surface area contributed by atoms with Crippen LogP contribution in [0.3, 0.4) is 0 Å². The van der Waals surface area contributed by atoms with Gasteiger partial charge in [0.05, 0.1) is 6.54 Å². The van der Waals surface area contributed by atoms with Gasteiger partial charge in [0.2, 0.25) is 5.91 Å². The van der Waals surface area contributed by atoms with Crippen LogP contribution < -0.4 is 16.0 Å². The van der Waals surface area contributed by atoms with Crippen molar-refractivity contribution in [2.45, 2.75) is 64.3 Å². The van der Waals surface area contributed by atoms with Crippen molar-refractivity contribution in [3.63, 3.8) is 0 Å². The Labute approximate surface area is 168 Å². The van der Waals surface area contributed by atoms with Crippen molar-refractivity contribution in [1.82, 2.24) is 10.6 Å². The number of carbonyl (C=O) groups is 1. The number of thioether (sulfide) groups is 1. The number of rotatable bonds is 8. The van der Waals surface area contributed by atoms with Gasteiger partial charge in [-0.3, -0.25) is 4.79 Å². The molecule has 1 saturated carbocycles. The summed E-state index contributed by atoms with van der Waals surface area (Å²) in [6.07, 6.45) is 6.71. The molecule has 0 bridgehead atoms. The molecule has 0 heterocycles. The molecule has 1 amide bonds. The third-order valence-corrected chi connectivity index (χ3v) is 6.17. The highest BCUT2D eigenvalue weighted by molar-refractivity contribution is 7.99. The molecule has 0 spiro atoms. The first-order valence-electron chi connectivity index (χ1n) is 10.0. The molecule has 3 unspecified atom stereocenters. The molecule has 1 aliphatic carbocycles. The maximum atomic E-state index is 12.1. The molecule has 1 fully saturated rings. The first kappa shape index (κ1) is 21.6. The van der Waals surface area contributed by atoms with Crippen LogP contribution in [0.5, 0.6) is 0 Å². The van der Waals surface area contributed by atoms with Crippen LogP contribution in [0.4, 0.5) is 5.69 Å². The third-order valence-electron chi connectivity index (χ3n) is 5.08. The molecule has 1 aliphatic rings. The van der Waals surface area contributed by atoms with E-state index in [2.05, 4.69) is 29.1 Å². The summed E-state index contributed by atoms with van der Waals surface area (Å²) in [6.45, 7) is 7.48. The Bertz CT molecular complexity index is 634. The molecule has 0 aromatic heterocycles. The molecule has 6 heteroatoms. The van der Waals surface area contributed by atoms with Crippen LogP contribution in [-0.2, 0) is 11.3 Å². The Kier molecular flexibility index (Phi) is 8.98. The SMILES string of the molecule is CCNC(=NCc1cccc(NC(=O)C(C)CC)c1)NC1CCC(SC)C1. The van der Waals surface area contributed by atoms with Gasteiger partial charge in [0, 0.05) is 29.4 Å². The van der Waals surface area contributed by atoms with Gasteiger partial charge in [-0.1, -0.05) is 26.0 Å². The van der Waals surface area contributed by atoms with Crippen molar-refractivity contribution in [2.24, 2.45) is 10.9 Å². The zero-order valence-corrected chi connectivity index (χ0v) is 17.9. The first-order chi connectivity index (χ1) is 13.0. The third kappa shape index (κ3) is 7.09. The van der Waals surface area contributed by atoms with E-state index in [0.29, 0.717) is 12.6 Å². The predicted octanol–water partition coefficient (Wildman–Crippen LogP) is 4.01. The van der Waals surface area contributed by atoms with Crippen LogP contribution in [0.1, 0.15) is 52.0 Å². The van der Waals surface area contributed by atoms with E-state index in [4.69, 9.17) is 4.99 Å². The van der Waals surface area contributed by atoms with E-state index in [-0.39, 0.29) is 11.8 Å². The van der Waals surface area contributed by atoms with Crippen molar-refractivity contribution in [3.05, 3.63) is 29.8 Å². The molecule has 1 aromatic carbocycles. The highest BCUT2D eigenvalue weighted by atomic mass is 32.2. The Morgan fingerprint density at radius 3 is 2.81 bits per heavy atom. The monoisotopic (exact) mass is 390 g/mol. The summed E-state index contributed by atoms with van der Waals surface area (Å²) >= 11 is 1.96. The molecule has 3 atom stereocenters. The van der Waals surface area contributed by atoms with Crippen LogP contribution in [0, 0.1) is 5.92 Å². The molecule has 0 saturated heterocycles. The van der Waals surface area contributed by atoms with Gasteiger partial charge in [-0.05, 0) is 56.6 Å². The minimum atomic E-state index is 0.0211. The lowest BCUT2D eigenvalue weighted by atomic mass is 10.1. The summed E-state index contributed by atoms with van der Waals surface area (Å²) in [7, 11) is 0. The van der Waals surface area contributed by atoms with Gasteiger partial charge in [-0.15, -0.1) is 0 Å². The van der Waals surface area contributed by atoms with Crippen LogP contribution >= 0.6 is 11.8 Å². The van der Waals surface area contributed by atoms with Crippen molar-refractivity contribution < 1.29 is 4.79 Å². The summed E-state index contributed by atoms with van der Waals surface area (Å²) in [6, 6.07) is 8.45. The molecule has 0 aliphatic heterocycles. The summed E-state index contributed by atoms with van der Waals surface area (Å²) < 4.78 is 0. The second-order valence-electron chi connectivity index (χ2n) is 7.21. The molecule has 0 radical (unpaired) electrons. The largest absolute Gasteiger partial charge is 0.357 e. The average Bonchev–Trinajstić information content (AvgIpc) is 3.13. The van der Waals surface area contributed by atoms with E-state index < -0.39 is 0 Å². The lowest BCUT2D eigenvalue weighted by molar-refractivity contribution is -0.119. The molecule has 1 aromatic rings. The minimum absolute atomic E-state index is 0.0211.